The monoisotopic (exact) mass is 367 g/mol. The lowest BCUT2D eigenvalue weighted by atomic mass is 10.2. The van der Waals surface area contributed by atoms with Gasteiger partial charge in [-0.25, -0.2) is 0 Å². The van der Waals surface area contributed by atoms with E-state index in [2.05, 4.69) is 20.6 Å². The fraction of sp³-hybridized carbons (Fsp3) is 0.222. The third-order valence-electron chi connectivity index (χ3n) is 3.93. The summed E-state index contributed by atoms with van der Waals surface area (Å²) in [7, 11) is 0. The molecule has 0 spiro atoms. The van der Waals surface area contributed by atoms with Gasteiger partial charge < -0.3 is 9.73 Å². The van der Waals surface area contributed by atoms with Gasteiger partial charge in [0.05, 0.1) is 0 Å². The van der Waals surface area contributed by atoms with Crippen molar-refractivity contribution in [3.05, 3.63) is 53.7 Å². The number of amides is 1. The summed E-state index contributed by atoms with van der Waals surface area (Å²) in [6.45, 7) is 3.75. The Hall–Kier alpha value is -3.00. The van der Waals surface area contributed by atoms with Gasteiger partial charge in [-0.05, 0) is 38.1 Å². The van der Waals surface area contributed by atoms with Gasteiger partial charge in [-0.15, -0.1) is 10.2 Å². The summed E-state index contributed by atoms with van der Waals surface area (Å²) in [5.41, 5.74) is 1.67. The summed E-state index contributed by atoms with van der Waals surface area (Å²) in [5, 5.41) is 16.4. The molecule has 0 fully saturated rings. The van der Waals surface area contributed by atoms with Crippen molar-refractivity contribution in [2.75, 3.05) is 5.32 Å². The van der Waals surface area contributed by atoms with Crippen LogP contribution in [0.3, 0.4) is 0 Å². The first-order valence-electron chi connectivity index (χ1n) is 8.23. The number of carbonyl (C=O) groups excluding carboxylic acids is 1. The SMILES string of the molecule is Cc1ccc(CCC(=O)Nc2cccc(-c3nn4c(C)nnc4s3)c2)o1. The van der Waals surface area contributed by atoms with Gasteiger partial charge in [-0.2, -0.15) is 9.61 Å². The first-order valence-corrected chi connectivity index (χ1v) is 9.04. The number of hydrogen-bond donors (Lipinski definition) is 1. The predicted octanol–water partition coefficient (Wildman–Crippen LogP) is 3.63. The standard InChI is InChI=1S/C18H17N5O2S/c1-11-6-7-15(25-11)8-9-16(24)19-14-5-3-4-13(10-14)17-22-23-12(2)20-21-18(23)26-17/h3-7,10H,8-9H2,1-2H3,(H,19,24). The van der Waals surface area contributed by atoms with Gasteiger partial charge in [0.2, 0.25) is 10.9 Å². The highest BCUT2D eigenvalue weighted by Gasteiger charge is 2.11. The molecule has 1 aromatic carbocycles. The molecule has 0 atom stereocenters. The van der Waals surface area contributed by atoms with Gasteiger partial charge in [0, 0.05) is 24.1 Å². The summed E-state index contributed by atoms with van der Waals surface area (Å²) in [6, 6.07) is 11.4. The molecule has 4 aromatic rings. The van der Waals surface area contributed by atoms with E-state index >= 15 is 0 Å². The number of hydrogen-bond acceptors (Lipinski definition) is 6. The molecule has 1 N–H and O–H groups in total. The van der Waals surface area contributed by atoms with Crippen LogP contribution in [0.15, 0.2) is 40.8 Å². The second-order valence-electron chi connectivity index (χ2n) is 5.99. The summed E-state index contributed by atoms with van der Waals surface area (Å²) >= 11 is 1.46. The van der Waals surface area contributed by atoms with Gasteiger partial charge in [0.15, 0.2) is 5.82 Å². The molecule has 3 heterocycles. The Morgan fingerprint density at radius 2 is 2.12 bits per heavy atom. The minimum absolute atomic E-state index is 0.0508. The number of nitrogens with zero attached hydrogens (tertiary/aromatic N) is 4. The fourth-order valence-corrected chi connectivity index (χ4v) is 3.52. The van der Waals surface area contributed by atoms with Crippen LogP contribution in [0.5, 0.6) is 0 Å². The van der Waals surface area contributed by atoms with E-state index in [1.54, 1.807) is 4.52 Å². The van der Waals surface area contributed by atoms with Crippen molar-refractivity contribution in [2.24, 2.45) is 0 Å². The molecule has 0 unspecified atom stereocenters. The lowest BCUT2D eigenvalue weighted by Crippen LogP contribution is -2.12. The number of aryl methyl sites for hydroxylation is 3. The topological polar surface area (TPSA) is 85.3 Å². The lowest BCUT2D eigenvalue weighted by molar-refractivity contribution is -0.116. The smallest absolute Gasteiger partial charge is 0.234 e. The van der Waals surface area contributed by atoms with E-state index in [-0.39, 0.29) is 5.91 Å². The second kappa shape index (κ2) is 6.72. The van der Waals surface area contributed by atoms with Crippen molar-refractivity contribution in [2.45, 2.75) is 26.7 Å². The van der Waals surface area contributed by atoms with Crippen LogP contribution in [0, 0.1) is 13.8 Å². The van der Waals surface area contributed by atoms with E-state index in [1.165, 1.54) is 11.3 Å². The lowest BCUT2D eigenvalue weighted by Gasteiger charge is -2.06. The number of nitrogens with one attached hydrogen (secondary N) is 1. The Morgan fingerprint density at radius 1 is 1.23 bits per heavy atom. The highest BCUT2D eigenvalue weighted by Crippen LogP contribution is 2.27. The second-order valence-corrected chi connectivity index (χ2v) is 6.95. The van der Waals surface area contributed by atoms with Gasteiger partial charge in [0.1, 0.15) is 16.5 Å². The molecular weight excluding hydrogens is 350 g/mol. The molecule has 4 rings (SSSR count). The van der Waals surface area contributed by atoms with Crippen LogP contribution in [0.2, 0.25) is 0 Å². The Labute approximate surface area is 153 Å². The summed E-state index contributed by atoms with van der Waals surface area (Å²) in [4.78, 5) is 12.9. The van der Waals surface area contributed by atoms with Crippen LogP contribution in [0.1, 0.15) is 23.8 Å². The quantitative estimate of drug-likeness (QED) is 0.582. The Kier molecular flexibility index (Phi) is 4.26. The molecule has 1 amide bonds. The van der Waals surface area contributed by atoms with E-state index in [1.807, 2.05) is 50.2 Å². The Balaban J connectivity index is 1.45. The number of rotatable bonds is 5. The number of furan rings is 1. The highest BCUT2D eigenvalue weighted by molar-refractivity contribution is 7.19. The molecule has 7 nitrogen and oxygen atoms in total. The van der Waals surface area contributed by atoms with Crippen LogP contribution in [0.25, 0.3) is 15.5 Å². The van der Waals surface area contributed by atoms with E-state index in [9.17, 15) is 4.79 Å². The Bertz CT molecular complexity index is 1080. The number of carbonyl (C=O) groups is 1. The molecule has 8 heteroatoms. The summed E-state index contributed by atoms with van der Waals surface area (Å²) < 4.78 is 7.21. The molecule has 0 radical (unpaired) electrons. The van der Waals surface area contributed by atoms with Crippen LogP contribution in [0.4, 0.5) is 5.69 Å². The molecule has 0 aliphatic carbocycles. The third kappa shape index (κ3) is 3.36. The molecule has 132 valence electrons. The van der Waals surface area contributed by atoms with Crippen molar-refractivity contribution >= 4 is 27.9 Å². The van der Waals surface area contributed by atoms with Gasteiger partial charge in [-0.1, -0.05) is 23.5 Å². The van der Waals surface area contributed by atoms with Crippen LogP contribution < -0.4 is 5.32 Å². The van der Waals surface area contributed by atoms with E-state index < -0.39 is 0 Å². The number of benzene rings is 1. The molecule has 26 heavy (non-hydrogen) atoms. The molecule has 0 saturated heterocycles. The van der Waals surface area contributed by atoms with Crippen LogP contribution >= 0.6 is 11.3 Å². The van der Waals surface area contributed by atoms with Crippen molar-refractivity contribution in [3.8, 4) is 10.6 Å². The molecule has 0 aliphatic heterocycles. The zero-order chi connectivity index (χ0) is 18.1. The molecular formula is C18H17N5O2S. The zero-order valence-corrected chi connectivity index (χ0v) is 15.2. The molecule has 3 aromatic heterocycles. The average molecular weight is 367 g/mol. The van der Waals surface area contributed by atoms with Crippen molar-refractivity contribution in [1.82, 2.24) is 19.8 Å². The molecule has 0 aliphatic rings. The first-order chi connectivity index (χ1) is 12.6. The van der Waals surface area contributed by atoms with E-state index in [0.29, 0.717) is 12.8 Å². The zero-order valence-electron chi connectivity index (χ0n) is 14.4. The summed E-state index contributed by atoms with van der Waals surface area (Å²) in [6.07, 6.45) is 0.947. The van der Waals surface area contributed by atoms with Crippen molar-refractivity contribution < 1.29 is 9.21 Å². The number of aromatic nitrogens is 4. The van der Waals surface area contributed by atoms with Crippen LogP contribution in [-0.4, -0.2) is 25.7 Å². The maximum absolute atomic E-state index is 12.2. The number of fused-ring (bicyclic) bond motifs is 1. The fourth-order valence-electron chi connectivity index (χ4n) is 2.64. The Morgan fingerprint density at radius 3 is 2.88 bits per heavy atom. The third-order valence-corrected chi connectivity index (χ3v) is 4.88. The summed E-state index contributed by atoms with van der Waals surface area (Å²) in [5.74, 6) is 2.38. The maximum atomic E-state index is 12.2. The van der Waals surface area contributed by atoms with Gasteiger partial charge in [-0.3, -0.25) is 4.79 Å². The highest BCUT2D eigenvalue weighted by atomic mass is 32.1. The maximum Gasteiger partial charge on any atom is 0.234 e. The number of anilines is 1. The van der Waals surface area contributed by atoms with Gasteiger partial charge >= 0.3 is 0 Å². The molecule has 0 saturated carbocycles. The first kappa shape index (κ1) is 16.5. The largest absolute Gasteiger partial charge is 0.466 e. The van der Waals surface area contributed by atoms with Gasteiger partial charge in [0.25, 0.3) is 0 Å². The van der Waals surface area contributed by atoms with Crippen molar-refractivity contribution in [3.63, 3.8) is 0 Å². The minimum atomic E-state index is -0.0508. The van der Waals surface area contributed by atoms with E-state index in [4.69, 9.17) is 4.42 Å². The predicted molar refractivity (Wildman–Crippen MR) is 99.2 cm³/mol. The van der Waals surface area contributed by atoms with Crippen LogP contribution in [-0.2, 0) is 11.2 Å². The molecule has 0 bridgehead atoms. The van der Waals surface area contributed by atoms with Crippen molar-refractivity contribution in [1.29, 1.82) is 0 Å². The van der Waals surface area contributed by atoms with E-state index in [0.717, 1.165) is 38.6 Å². The average Bonchev–Trinajstić information content (AvgIpc) is 3.31. The minimum Gasteiger partial charge on any atom is -0.466 e. The normalized spacial score (nSPS) is 11.2.